The molecule has 1 heterocycles. The molecular formula is C15H17ClN2OS. The summed E-state index contributed by atoms with van der Waals surface area (Å²) in [6, 6.07) is 11.6. The van der Waals surface area contributed by atoms with Crippen LogP contribution in [-0.2, 0) is 13.0 Å². The van der Waals surface area contributed by atoms with E-state index in [1.165, 1.54) is 4.88 Å². The number of hydrogen-bond acceptors (Lipinski definition) is 2. The number of halogens is 1. The Hall–Kier alpha value is -1.52. The number of rotatable bonds is 5. The maximum absolute atomic E-state index is 11.9. The van der Waals surface area contributed by atoms with Crippen molar-refractivity contribution < 1.29 is 4.79 Å². The van der Waals surface area contributed by atoms with Gasteiger partial charge in [0.05, 0.1) is 0 Å². The van der Waals surface area contributed by atoms with Crippen LogP contribution in [0.2, 0.25) is 5.02 Å². The topological polar surface area (TPSA) is 32.3 Å². The van der Waals surface area contributed by atoms with Crippen molar-refractivity contribution in [3.05, 3.63) is 57.2 Å². The van der Waals surface area contributed by atoms with Gasteiger partial charge in [0.25, 0.3) is 0 Å². The van der Waals surface area contributed by atoms with E-state index in [9.17, 15) is 4.79 Å². The van der Waals surface area contributed by atoms with Gasteiger partial charge < -0.3 is 10.2 Å². The number of hydrogen-bond donors (Lipinski definition) is 1. The monoisotopic (exact) mass is 308 g/mol. The zero-order valence-electron chi connectivity index (χ0n) is 11.3. The van der Waals surface area contributed by atoms with E-state index in [2.05, 4.69) is 11.4 Å². The van der Waals surface area contributed by atoms with Crippen LogP contribution in [0, 0.1) is 0 Å². The van der Waals surface area contributed by atoms with Gasteiger partial charge in [-0.1, -0.05) is 29.8 Å². The second-order valence-corrected chi connectivity index (χ2v) is 6.02. The first-order valence-corrected chi connectivity index (χ1v) is 7.66. The van der Waals surface area contributed by atoms with E-state index in [0.717, 1.165) is 12.0 Å². The first-order valence-electron chi connectivity index (χ1n) is 6.41. The Morgan fingerprint density at radius 1 is 1.35 bits per heavy atom. The Balaban J connectivity index is 1.77. The van der Waals surface area contributed by atoms with Gasteiger partial charge in [0.2, 0.25) is 0 Å². The fourth-order valence-corrected chi connectivity index (χ4v) is 2.79. The second-order valence-electron chi connectivity index (χ2n) is 4.55. The number of carbonyl (C=O) groups excluding carboxylic acids is 1. The Morgan fingerprint density at radius 2 is 2.20 bits per heavy atom. The van der Waals surface area contributed by atoms with Crippen LogP contribution in [0.3, 0.4) is 0 Å². The van der Waals surface area contributed by atoms with Crippen LogP contribution in [0.15, 0.2) is 41.8 Å². The predicted molar refractivity (Wildman–Crippen MR) is 84.3 cm³/mol. The third kappa shape index (κ3) is 4.54. The molecule has 0 saturated carbocycles. The van der Waals surface area contributed by atoms with Crippen LogP contribution in [0.25, 0.3) is 0 Å². The normalized spacial score (nSPS) is 10.3. The number of urea groups is 1. The van der Waals surface area contributed by atoms with Crippen molar-refractivity contribution in [1.29, 1.82) is 0 Å². The average Bonchev–Trinajstić information content (AvgIpc) is 2.91. The van der Waals surface area contributed by atoms with Gasteiger partial charge in [-0.2, -0.15) is 0 Å². The van der Waals surface area contributed by atoms with Gasteiger partial charge in [-0.05, 0) is 35.6 Å². The Bertz CT molecular complexity index is 557. The fraction of sp³-hybridized carbons (Fsp3) is 0.267. The summed E-state index contributed by atoms with van der Waals surface area (Å²) >= 11 is 7.64. The van der Waals surface area contributed by atoms with E-state index in [1.54, 1.807) is 23.3 Å². The summed E-state index contributed by atoms with van der Waals surface area (Å²) in [5, 5.41) is 5.65. The molecule has 0 atom stereocenters. The van der Waals surface area contributed by atoms with Gasteiger partial charge >= 0.3 is 6.03 Å². The second kappa shape index (κ2) is 7.31. The van der Waals surface area contributed by atoms with Crippen molar-refractivity contribution in [2.24, 2.45) is 0 Å². The average molecular weight is 309 g/mol. The fourth-order valence-electron chi connectivity index (χ4n) is 1.86. The molecule has 2 amide bonds. The van der Waals surface area contributed by atoms with Crippen LogP contribution in [0.1, 0.15) is 10.4 Å². The third-order valence-electron chi connectivity index (χ3n) is 2.88. The van der Waals surface area contributed by atoms with E-state index in [-0.39, 0.29) is 6.03 Å². The molecule has 1 aromatic heterocycles. The summed E-state index contributed by atoms with van der Waals surface area (Å²) in [5.41, 5.74) is 1.02. The standard InChI is InChI=1S/C15H17ClN2OS/c1-18(11-12-4-2-5-13(16)10-12)15(19)17-8-7-14-6-3-9-20-14/h2-6,9-10H,7-8,11H2,1H3,(H,17,19). The Kier molecular flexibility index (Phi) is 5.44. The number of carbonyl (C=O) groups is 1. The Labute approximate surface area is 128 Å². The van der Waals surface area contributed by atoms with Crippen molar-refractivity contribution >= 4 is 29.0 Å². The number of nitrogens with one attached hydrogen (secondary N) is 1. The third-order valence-corrected chi connectivity index (χ3v) is 4.05. The van der Waals surface area contributed by atoms with Gasteiger partial charge in [-0.25, -0.2) is 4.79 Å². The van der Waals surface area contributed by atoms with Crippen LogP contribution < -0.4 is 5.32 Å². The van der Waals surface area contributed by atoms with Crippen molar-refractivity contribution in [2.75, 3.05) is 13.6 Å². The highest BCUT2D eigenvalue weighted by Crippen LogP contribution is 2.12. The molecule has 106 valence electrons. The van der Waals surface area contributed by atoms with E-state index in [0.29, 0.717) is 18.1 Å². The molecule has 0 fully saturated rings. The Morgan fingerprint density at radius 3 is 2.90 bits per heavy atom. The lowest BCUT2D eigenvalue weighted by atomic mass is 10.2. The molecular weight excluding hydrogens is 292 g/mol. The van der Waals surface area contributed by atoms with Crippen molar-refractivity contribution in [2.45, 2.75) is 13.0 Å². The van der Waals surface area contributed by atoms with E-state index >= 15 is 0 Å². The zero-order chi connectivity index (χ0) is 14.4. The number of thiophene rings is 1. The van der Waals surface area contributed by atoms with Crippen molar-refractivity contribution in [1.82, 2.24) is 10.2 Å². The van der Waals surface area contributed by atoms with Crippen LogP contribution >= 0.6 is 22.9 Å². The lowest BCUT2D eigenvalue weighted by Gasteiger charge is -2.18. The molecule has 5 heteroatoms. The molecule has 0 unspecified atom stereocenters. The summed E-state index contributed by atoms with van der Waals surface area (Å²) in [7, 11) is 1.78. The van der Waals surface area contributed by atoms with Gasteiger partial charge in [0, 0.05) is 30.0 Å². The highest BCUT2D eigenvalue weighted by molar-refractivity contribution is 7.09. The molecule has 0 bridgehead atoms. The molecule has 0 aliphatic carbocycles. The highest BCUT2D eigenvalue weighted by atomic mass is 35.5. The molecule has 0 spiro atoms. The van der Waals surface area contributed by atoms with Gasteiger partial charge in [-0.15, -0.1) is 11.3 Å². The molecule has 0 aliphatic heterocycles. The van der Waals surface area contributed by atoms with Crippen LogP contribution in [-0.4, -0.2) is 24.5 Å². The zero-order valence-corrected chi connectivity index (χ0v) is 12.9. The number of benzene rings is 1. The molecule has 1 N–H and O–H groups in total. The van der Waals surface area contributed by atoms with E-state index in [1.807, 2.05) is 35.7 Å². The molecule has 1 aromatic carbocycles. The molecule has 2 rings (SSSR count). The maximum Gasteiger partial charge on any atom is 0.317 e. The minimum Gasteiger partial charge on any atom is -0.338 e. The maximum atomic E-state index is 11.9. The molecule has 0 saturated heterocycles. The van der Waals surface area contributed by atoms with Crippen molar-refractivity contribution in [3.63, 3.8) is 0 Å². The van der Waals surface area contributed by atoms with Crippen molar-refractivity contribution in [3.8, 4) is 0 Å². The van der Waals surface area contributed by atoms with Crippen LogP contribution in [0.4, 0.5) is 4.79 Å². The minimum absolute atomic E-state index is 0.0680. The molecule has 0 aliphatic rings. The molecule has 0 radical (unpaired) electrons. The quantitative estimate of drug-likeness (QED) is 0.895. The predicted octanol–water partition coefficient (Wildman–Crippen LogP) is 3.79. The lowest BCUT2D eigenvalue weighted by molar-refractivity contribution is 0.207. The van der Waals surface area contributed by atoms with Crippen LogP contribution in [0.5, 0.6) is 0 Å². The van der Waals surface area contributed by atoms with Gasteiger partial charge in [0.15, 0.2) is 0 Å². The SMILES string of the molecule is CN(Cc1cccc(Cl)c1)C(=O)NCCc1cccs1. The first-order chi connectivity index (χ1) is 9.65. The summed E-state index contributed by atoms with van der Waals surface area (Å²) in [5.74, 6) is 0. The summed E-state index contributed by atoms with van der Waals surface area (Å²) in [4.78, 5) is 14.9. The van der Waals surface area contributed by atoms with Gasteiger partial charge in [0.1, 0.15) is 0 Å². The van der Waals surface area contributed by atoms with E-state index < -0.39 is 0 Å². The summed E-state index contributed by atoms with van der Waals surface area (Å²) in [6.07, 6.45) is 0.869. The van der Waals surface area contributed by atoms with E-state index in [4.69, 9.17) is 11.6 Å². The minimum atomic E-state index is -0.0680. The summed E-state index contributed by atoms with van der Waals surface area (Å²) in [6.45, 7) is 1.20. The van der Waals surface area contributed by atoms with Gasteiger partial charge in [-0.3, -0.25) is 0 Å². The first kappa shape index (κ1) is 14.9. The molecule has 2 aromatic rings. The molecule has 3 nitrogen and oxygen atoms in total. The number of amides is 2. The highest BCUT2D eigenvalue weighted by Gasteiger charge is 2.08. The lowest BCUT2D eigenvalue weighted by Crippen LogP contribution is -2.37. The molecule has 20 heavy (non-hydrogen) atoms. The number of nitrogens with zero attached hydrogens (tertiary/aromatic N) is 1. The summed E-state index contributed by atoms with van der Waals surface area (Å²) < 4.78 is 0. The largest absolute Gasteiger partial charge is 0.338 e. The smallest absolute Gasteiger partial charge is 0.317 e.